The molecule has 2 bridgehead atoms. The van der Waals surface area contributed by atoms with Crippen LogP contribution >= 0.6 is 0 Å². The van der Waals surface area contributed by atoms with Crippen LogP contribution in [0, 0.1) is 11.6 Å². The lowest BCUT2D eigenvalue weighted by molar-refractivity contribution is -0.115. The van der Waals surface area contributed by atoms with E-state index in [2.05, 4.69) is 26.8 Å². The molecule has 0 saturated carbocycles. The molecule has 1 aromatic carbocycles. The standard InChI is InChI=1S/C24H23F2N5O3/c1-2-15-4-3-5-16(23(15)26)6-22(32)29-17-7-20(25)24(27-8-17)30-10-21(28-14-30)31-9-19-13-33-11-18(31)12-34-19/h2-5,7-8,10,14,18-19H,1,6,9,11-13H2,(H,29,32). The van der Waals surface area contributed by atoms with E-state index in [-0.39, 0.29) is 35.6 Å². The monoisotopic (exact) mass is 467 g/mol. The minimum Gasteiger partial charge on any atom is -0.376 e. The Labute approximate surface area is 194 Å². The summed E-state index contributed by atoms with van der Waals surface area (Å²) >= 11 is 0. The summed E-state index contributed by atoms with van der Waals surface area (Å²) in [6.07, 6.45) is 5.72. The fraction of sp³-hybridized carbons (Fsp3) is 0.292. The van der Waals surface area contributed by atoms with Crippen LogP contribution in [0.1, 0.15) is 11.1 Å². The molecular formula is C24H23F2N5O3. The molecule has 6 rings (SSSR count). The van der Waals surface area contributed by atoms with E-state index in [0.717, 1.165) is 0 Å². The number of hydrogen-bond donors (Lipinski definition) is 1. The number of nitrogens with one attached hydrogen (secondary N) is 1. The number of carbonyl (C=O) groups is 1. The number of fused-ring (bicyclic) bond motifs is 4. The van der Waals surface area contributed by atoms with Gasteiger partial charge in [-0.3, -0.25) is 9.36 Å². The minimum absolute atomic E-state index is 0.0191. The molecule has 10 heteroatoms. The van der Waals surface area contributed by atoms with Gasteiger partial charge in [0.25, 0.3) is 0 Å². The summed E-state index contributed by atoms with van der Waals surface area (Å²) in [6.45, 7) is 5.85. The number of carbonyl (C=O) groups excluding carboxylic acids is 1. The SMILES string of the molecule is C=Cc1cccc(CC(=O)Nc2cnc(-n3cnc(N4CC5COCC4CO5)c3)c(F)c2)c1F. The molecule has 3 aliphatic heterocycles. The summed E-state index contributed by atoms with van der Waals surface area (Å²) in [5.74, 6) is -0.885. The first-order chi connectivity index (χ1) is 16.5. The van der Waals surface area contributed by atoms with Gasteiger partial charge < -0.3 is 19.7 Å². The Bertz CT molecular complexity index is 1230. The van der Waals surface area contributed by atoms with E-state index < -0.39 is 17.5 Å². The Morgan fingerprint density at radius 2 is 2.15 bits per heavy atom. The van der Waals surface area contributed by atoms with Crippen LogP contribution in [0.15, 0.2) is 49.6 Å². The van der Waals surface area contributed by atoms with Gasteiger partial charge in [-0.25, -0.2) is 18.7 Å². The number of ether oxygens (including phenoxy) is 2. The largest absolute Gasteiger partial charge is 0.376 e. The number of halogens is 2. The Hall–Kier alpha value is -3.63. The van der Waals surface area contributed by atoms with Crippen molar-refractivity contribution in [1.82, 2.24) is 14.5 Å². The highest BCUT2D eigenvalue weighted by molar-refractivity contribution is 5.92. The molecule has 3 aromatic rings. The Kier molecular flexibility index (Phi) is 6.08. The molecule has 176 valence electrons. The summed E-state index contributed by atoms with van der Waals surface area (Å²) in [6, 6.07) is 5.97. The second kappa shape index (κ2) is 9.32. The lowest BCUT2D eigenvalue weighted by Crippen LogP contribution is -2.49. The molecule has 3 fully saturated rings. The maximum absolute atomic E-state index is 14.9. The maximum atomic E-state index is 14.9. The van der Waals surface area contributed by atoms with Gasteiger partial charge in [-0.2, -0.15) is 0 Å². The van der Waals surface area contributed by atoms with Crippen molar-refractivity contribution >= 4 is 23.5 Å². The van der Waals surface area contributed by atoms with Gasteiger partial charge in [0.1, 0.15) is 18.0 Å². The molecule has 1 N–H and O–H groups in total. The number of nitrogens with zero attached hydrogens (tertiary/aromatic N) is 4. The van der Waals surface area contributed by atoms with Crippen molar-refractivity contribution < 1.29 is 23.0 Å². The molecule has 3 aliphatic rings. The van der Waals surface area contributed by atoms with Crippen LogP contribution in [-0.2, 0) is 20.7 Å². The van der Waals surface area contributed by atoms with Crippen molar-refractivity contribution in [3.8, 4) is 5.82 Å². The topological polar surface area (TPSA) is 81.5 Å². The van der Waals surface area contributed by atoms with Crippen LogP contribution in [-0.4, -0.2) is 59.0 Å². The van der Waals surface area contributed by atoms with E-state index in [1.54, 1.807) is 18.3 Å². The van der Waals surface area contributed by atoms with E-state index in [4.69, 9.17) is 9.47 Å². The van der Waals surface area contributed by atoms with Crippen molar-refractivity contribution in [3.05, 3.63) is 72.3 Å². The molecule has 2 atom stereocenters. The highest BCUT2D eigenvalue weighted by atomic mass is 19.1. The van der Waals surface area contributed by atoms with Crippen LogP contribution in [0.5, 0.6) is 0 Å². The quantitative estimate of drug-likeness (QED) is 0.601. The average Bonchev–Trinajstić information content (AvgIpc) is 3.08. The van der Waals surface area contributed by atoms with Crippen LogP contribution in [0.3, 0.4) is 0 Å². The van der Waals surface area contributed by atoms with Crippen LogP contribution in [0.4, 0.5) is 20.3 Å². The zero-order valence-electron chi connectivity index (χ0n) is 18.3. The fourth-order valence-corrected chi connectivity index (χ4v) is 4.15. The highest BCUT2D eigenvalue weighted by Crippen LogP contribution is 2.25. The predicted octanol–water partition coefficient (Wildman–Crippen LogP) is 2.97. The normalized spacial score (nSPS) is 19.6. The fourth-order valence-electron chi connectivity index (χ4n) is 4.15. The molecule has 3 saturated heterocycles. The molecule has 2 unspecified atom stereocenters. The smallest absolute Gasteiger partial charge is 0.228 e. The van der Waals surface area contributed by atoms with Crippen LogP contribution < -0.4 is 10.2 Å². The first-order valence-electron chi connectivity index (χ1n) is 10.9. The lowest BCUT2D eigenvalue weighted by atomic mass is 10.1. The van der Waals surface area contributed by atoms with Gasteiger partial charge in [-0.15, -0.1) is 0 Å². The third-order valence-electron chi connectivity index (χ3n) is 5.87. The van der Waals surface area contributed by atoms with E-state index in [1.807, 2.05) is 0 Å². The molecule has 5 heterocycles. The predicted molar refractivity (Wildman–Crippen MR) is 122 cm³/mol. The summed E-state index contributed by atoms with van der Waals surface area (Å²) in [4.78, 5) is 23.0. The summed E-state index contributed by atoms with van der Waals surface area (Å²) in [5, 5.41) is 2.56. The average molecular weight is 467 g/mol. The van der Waals surface area contributed by atoms with Crippen molar-refractivity contribution in [3.63, 3.8) is 0 Å². The molecule has 0 aliphatic carbocycles. The summed E-state index contributed by atoms with van der Waals surface area (Å²) < 4.78 is 42.0. The number of morpholine rings is 1. The molecular weight excluding hydrogens is 444 g/mol. The maximum Gasteiger partial charge on any atom is 0.228 e. The van der Waals surface area contributed by atoms with Crippen molar-refractivity contribution in [1.29, 1.82) is 0 Å². The molecule has 0 radical (unpaired) electrons. The van der Waals surface area contributed by atoms with Gasteiger partial charge in [0, 0.05) is 18.2 Å². The van der Waals surface area contributed by atoms with Gasteiger partial charge in [0.05, 0.1) is 56.5 Å². The second-order valence-electron chi connectivity index (χ2n) is 8.22. The number of imidazole rings is 1. The van der Waals surface area contributed by atoms with Gasteiger partial charge in [-0.05, 0) is 5.56 Å². The highest BCUT2D eigenvalue weighted by Gasteiger charge is 2.34. The number of aromatic nitrogens is 3. The van der Waals surface area contributed by atoms with Crippen molar-refractivity contribution in [2.75, 3.05) is 36.6 Å². The van der Waals surface area contributed by atoms with Crippen LogP contribution in [0.2, 0.25) is 0 Å². The van der Waals surface area contributed by atoms with E-state index in [1.165, 1.54) is 35.3 Å². The summed E-state index contributed by atoms with van der Waals surface area (Å²) in [7, 11) is 0. The molecule has 2 aromatic heterocycles. The summed E-state index contributed by atoms with van der Waals surface area (Å²) in [5.41, 5.74) is 0.713. The number of rotatable bonds is 6. The lowest BCUT2D eigenvalue weighted by Gasteiger charge is -2.35. The third kappa shape index (κ3) is 4.42. The van der Waals surface area contributed by atoms with Crippen molar-refractivity contribution in [2.45, 2.75) is 18.6 Å². The second-order valence-corrected chi connectivity index (χ2v) is 8.22. The number of amides is 1. The minimum atomic E-state index is -0.634. The number of hydrogen-bond acceptors (Lipinski definition) is 6. The van der Waals surface area contributed by atoms with Crippen molar-refractivity contribution in [2.24, 2.45) is 0 Å². The molecule has 0 spiro atoms. The molecule has 1 amide bonds. The number of benzene rings is 1. The van der Waals surface area contributed by atoms with Gasteiger partial charge in [0.15, 0.2) is 11.6 Å². The molecule has 8 nitrogen and oxygen atoms in total. The van der Waals surface area contributed by atoms with Gasteiger partial charge in [-0.1, -0.05) is 30.9 Å². The van der Waals surface area contributed by atoms with E-state index in [9.17, 15) is 13.6 Å². The molecule has 34 heavy (non-hydrogen) atoms. The van der Waals surface area contributed by atoms with Gasteiger partial charge in [0.2, 0.25) is 5.91 Å². The zero-order valence-corrected chi connectivity index (χ0v) is 18.3. The Balaban J connectivity index is 1.28. The van der Waals surface area contributed by atoms with Crippen LogP contribution in [0.25, 0.3) is 11.9 Å². The third-order valence-corrected chi connectivity index (χ3v) is 5.87. The first-order valence-corrected chi connectivity index (χ1v) is 10.9. The number of anilines is 2. The number of pyridine rings is 1. The Morgan fingerprint density at radius 3 is 2.97 bits per heavy atom. The van der Waals surface area contributed by atoms with Gasteiger partial charge >= 0.3 is 0 Å². The van der Waals surface area contributed by atoms with E-state index >= 15 is 0 Å². The Morgan fingerprint density at radius 1 is 1.26 bits per heavy atom. The zero-order chi connectivity index (χ0) is 23.7. The van der Waals surface area contributed by atoms with E-state index in [0.29, 0.717) is 37.7 Å². The first kappa shape index (κ1) is 22.2.